The van der Waals surface area contributed by atoms with Crippen LogP contribution in [-0.2, 0) is 10.8 Å². The Morgan fingerprint density at radius 3 is 2.44 bits per heavy atom. The van der Waals surface area contributed by atoms with E-state index in [1.807, 2.05) is 36.8 Å². The predicted octanol–water partition coefficient (Wildman–Crippen LogP) is 3.74. The van der Waals surface area contributed by atoms with E-state index in [1.165, 1.54) is 11.1 Å². The van der Waals surface area contributed by atoms with E-state index in [1.54, 1.807) is 4.68 Å². The molecule has 0 spiro atoms. The quantitative estimate of drug-likeness (QED) is 0.542. The normalized spacial score (nSPS) is 13.0. The number of fused-ring (bicyclic) bond motifs is 2. The maximum absolute atomic E-state index is 13.0. The van der Waals surface area contributed by atoms with Gasteiger partial charge in [-0.1, -0.05) is 6.92 Å². The Morgan fingerprint density at radius 1 is 1.00 bits per heavy atom. The molecule has 0 aliphatic rings. The number of rotatable bonds is 3. The van der Waals surface area contributed by atoms with E-state index in [9.17, 15) is 4.21 Å². The van der Waals surface area contributed by atoms with Crippen molar-refractivity contribution < 1.29 is 4.21 Å². The summed E-state index contributed by atoms with van der Waals surface area (Å²) in [4.78, 5) is 5.19. The Labute approximate surface area is 160 Å². The second kappa shape index (κ2) is 6.27. The highest BCUT2D eigenvalue weighted by atomic mass is 32.2. The lowest BCUT2D eigenvalue weighted by Crippen LogP contribution is -2.04. The highest BCUT2D eigenvalue weighted by Crippen LogP contribution is 2.31. The second-order valence-corrected chi connectivity index (χ2v) is 8.68. The van der Waals surface area contributed by atoms with Gasteiger partial charge in [0.05, 0.1) is 22.5 Å². The summed E-state index contributed by atoms with van der Waals surface area (Å²) in [6, 6.07) is 2.00. The monoisotopic (exact) mass is 381 g/mol. The molecular formula is C20H23N5OS. The first-order valence-corrected chi connectivity index (χ1v) is 10.3. The molecule has 4 rings (SSSR count). The smallest absolute Gasteiger partial charge is 0.192 e. The van der Waals surface area contributed by atoms with Gasteiger partial charge in [-0.15, -0.1) is 5.10 Å². The molecule has 0 amide bonds. The van der Waals surface area contributed by atoms with Gasteiger partial charge in [0.15, 0.2) is 5.82 Å². The van der Waals surface area contributed by atoms with Gasteiger partial charge in [0.1, 0.15) is 15.9 Å². The van der Waals surface area contributed by atoms with Crippen LogP contribution in [0, 0.1) is 34.6 Å². The first kappa shape index (κ1) is 17.9. The number of aryl methyl sites for hydroxylation is 3. The summed E-state index contributed by atoms with van der Waals surface area (Å²) in [5.74, 6) is 1.14. The van der Waals surface area contributed by atoms with Crippen molar-refractivity contribution in [2.75, 3.05) is 5.75 Å². The molecule has 0 aliphatic carbocycles. The van der Waals surface area contributed by atoms with Crippen molar-refractivity contribution in [3.8, 4) is 5.82 Å². The van der Waals surface area contributed by atoms with Crippen molar-refractivity contribution in [3.63, 3.8) is 0 Å². The van der Waals surface area contributed by atoms with E-state index in [0.717, 1.165) is 38.3 Å². The van der Waals surface area contributed by atoms with Crippen molar-refractivity contribution in [1.29, 1.82) is 0 Å². The molecule has 0 aromatic carbocycles. The van der Waals surface area contributed by atoms with Crippen molar-refractivity contribution in [2.24, 2.45) is 0 Å². The van der Waals surface area contributed by atoms with Crippen molar-refractivity contribution in [3.05, 3.63) is 46.4 Å². The van der Waals surface area contributed by atoms with Crippen LogP contribution in [0.25, 0.3) is 22.4 Å². The largest absolute Gasteiger partial charge is 0.254 e. The van der Waals surface area contributed by atoms with Gasteiger partial charge in [-0.25, -0.2) is 9.20 Å². The zero-order chi connectivity index (χ0) is 19.5. The number of nitrogens with zero attached hydrogens (tertiary/aromatic N) is 5. The maximum atomic E-state index is 13.0. The van der Waals surface area contributed by atoms with E-state index in [4.69, 9.17) is 5.10 Å². The summed E-state index contributed by atoms with van der Waals surface area (Å²) >= 11 is 0. The first-order valence-electron chi connectivity index (χ1n) is 9.03. The zero-order valence-electron chi connectivity index (χ0n) is 16.5. The molecule has 0 bridgehead atoms. The van der Waals surface area contributed by atoms with Gasteiger partial charge in [-0.3, -0.25) is 9.19 Å². The molecule has 4 heterocycles. The fourth-order valence-corrected chi connectivity index (χ4v) is 4.55. The minimum Gasteiger partial charge on any atom is -0.254 e. The van der Waals surface area contributed by atoms with E-state index in [0.29, 0.717) is 11.6 Å². The van der Waals surface area contributed by atoms with Crippen LogP contribution in [0.5, 0.6) is 0 Å². The molecule has 0 saturated carbocycles. The summed E-state index contributed by atoms with van der Waals surface area (Å²) in [6.45, 7) is 12.3. The van der Waals surface area contributed by atoms with Gasteiger partial charge in [-0.2, -0.15) is 5.10 Å². The van der Waals surface area contributed by atoms with Crippen molar-refractivity contribution in [1.82, 2.24) is 24.4 Å². The number of pyridine rings is 2. The van der Waals surface area contributed by atoms with Gasteiger partial charge >= 0.3 is 0 Å². The summed E-state index contributed by atoms with van der Waals surface area (Å²) < 4.78 is 16.6. The number of hydrogen-bond acceptors (Lipinski definition) is 4. The molecule has 140 valence electrons. The predicted molar refractivity (Wildman–Crippen MR) is 108 cm³/mol. The minimum atomic E-state index is -1.17. The third kappa shape index (κ3) is 2.60. The van der Waals surface area contributed by atoms with Crippen LogP contribution in [0.15, 0.2) is 23.4 Å². The van der Waals surface area contributed by atoms with Crippen LogP contribution >= 0.6 is 0 Å². The summed E-state index contributed by atoms with van der Waals surface area (Å²) in [5, 5.41) is 9.49. The second-order valence-electron chi connectivity index (χ2n) is 7.00. The van der Waals surface area contributed by atoms with Gasteiger partial charge in [0, 0.05) is 17.6 Å². The van der Waals surface area contributed by atoms with E-state index in [2.05, 4.69) is 37.8 Å². The van der Waals surface area contributed by atoms with E-state index in [-0.39, 0.29) is 0 Å². The molecular weight excluding hydrogens is 358 g/mol. The van der Waals surface area contributed by atoms with Gasteiger partial charge in [0.25, 0.3) is 0 Å². The van der Waals surface area contributed by atoms with Gasteiger partial charge in [-0.05, 0) is 62.9 Å². The van der Waals surface area contributed by atoms with Crippen molar-refractivity contribution >= 4 is 27.3 Å². The average molecular weight is 382 g/mol. The topological polar surface area (TPSA) is 65.1 Å². The molecule has 7 heteroatoms. The standard InChI is InChI=1S/C20H23N5OS/c1-7-27(26)19-18-14(5)12(3)13(4)15(6)25(18)23-20(19)24-10-17-16(22-24)8-11(2)9-21-17/h8-10H,7H2,1-6H3. The SMILES string of the molecule is CCS(=O)c1c(-n2cc3ncc(C)cc3n2)nn2c(C)c(C)c(C)c(C)c12. The third-order valence-corrected chi connectivity index (χ3v) is 6.72. The Morgan fingerprint density at radius 2 is 1.74 bits per heavy atom. The van der Waals surface area contributed by atoms with Crippen LogP contribution in [0.2, 0.25) is 0 Å². The molecule has 0 N–H and O–H groups in total. The van der Waals surface area contributed by atoms with Crippen LogP contribution in [0.3, 0.4) is 0 Å². The Balaban J connectivity index is 2.11. The fourth-order valence-electron chi connectivity index (χ4n) is 3.47. The van der Waals surface area contributed by atoms with Crippen LogP contribution in [0.4, 0.5) is 0 Å². The molecule has 0 radical (unpaired) electrons. The average Bonchev–Trinajstić information content (AvgIpc) is 3.25. The molecule has 6 nitrogen and oxygen atoms in total. The van der Waals surface area contributed by atoms with Crippen molar-refractivity contribution in [2.45, 2.75) is 46.4 Å². The van der Waals surface area contributed by atoms with E-state index >= 15 is 0 Å². The maximum Gasteiger partial charge on any atom is 0.192 e. The Hall–Kier alpha value is -2.54. The van der Waals surface area contributed by atoms with Crippen LogP contribution in [-0.4, -0.2) is 34.3 Å². The molecule has 1 atom stereocenters. The highest BCUT2D eigenvalue weighted by molar-refractivity contribution is 7.85. The third-order valence-electron chi connectivity index (χ3n) is 5.37. The first-order chi connectivity index (χ1) is 12.8. The molecule has 0 saturated heterocycles. The fraction of sp³-hybridized carbons (Fsp3) is 0.350. The highest BCUT2D eigenvalue weighted by Gasteiger charge is 2.24. The van der Waals surface area contributed by atoms with Crippen LogP contribution in [0.1, 0.15) is 34.9 Å². The van der Waals surface area contributed by atoms with Gasteiger partial charge < -0.3 is 0 Å². The molecule has 1 unspecified atom stereocenters. The summed E-state index contributed by atoms with van der Waals surface area (Å²) in [7, 11) is -1.17. The Kier molecular flexibility index (Phi) is 4.14. The lowest BCUT2D eigenvalue weighted by atomic mass is 10.0. The van der Waals surface area contributed by atoms with Gasteiger partial charge in [0.2, 0.25) is 0 Å². The number of hydrogen-bond donors (Lipinski definition) is 0. The molecule has 4 aromatic heterocycles. The molecule has 4 aromatic rings. The lowest BCUT2D eigenvalue weighted by molar-refractivity contribution is 0.683. The van der Waals surface area contributed by atoms with Crippen LogP contribution < -0.4 is 0 Å². The lowest BCUT2D eigenvalue weighted by Gasteiger charge is -2.12. The molecule has 0 aliphatic heterocycles. The summed E-state index contributed by atoms with van der Waals surface area (Å²) in [5.41, 5.74) is 8.16. The number of aromatic nitrogens is 5. The van der Waals surface area contributed by atoms with E-state index < -0.39 is 10.8 Å². The Bertz CT molecular complexity index is 1230. The summed E-state index contributed by atoms with van der Waals surface area (Å²) in [6.07, 6.45) is 3.68. The zero-order valence-corrected chi connectivity index (χ0v) is 17.3. The molecule has 0 fully saturated rings. The minimum absolute atomic E-state index is 0.526. The molecule has 27 heavy (non-hydrogen) atoms.